The summed E-state index contributed by atoms with van der Waals surface area (Å²) in [5.41, 5.74) is 1.80. The van der Waals surface area contributed by atoms with Crippen LogP contribution in [-0.4, -0.2) is 11.2 Å². The molecule has 1 heterocycles. The Bertz CT molecular complexity index is 923. The first-order valence-electron chi connectivity index (χ1n) is 7.95. The van der Waals surface area contributed by atoms with Gasteiger partial charge in [-0.05, 0) is 35.4 Å². The van der Waals surface area contributed by atoms with Gasteiger partial charge < -0.3 is 4.84 Å². The Kier molecular flexibility index (Phi) is 5.76. The zero-order chi connectivity index (χ0) is 19.3. The predicted octanol–water partition coefficient (Wildman–Crippen LogP) is 5.97. The van der Waals surface area contributed by atoms with Gasteiger partial charge in [0.1, 0.15) is 6.61 Å². The highest BCUT2D eigenvalue weighted by Crippen LogP contribution is 2.31. The van der Waals surface area contributed by atoms with Crippen molar-refractivity contribution in [2.45, 2.75) is 12.8 Å². The van der Waals surface area contributed by atoms with E-state index in [0.717, 1.165) is 29.5 Å². The van der Waals surface area contributed by atoms with Gasteiger partial charge in [-0.2, -0.15) is 13.2 Å². The van der Waals surface area contributed by atoms with Crippen LogP contribution in [0.25, 0.3) is 11.3 Å². The van der Waals surface area contributed by atoms with Gasteiger partial charge in [-0.1, -0.05) is 53.2 Å². The van der Waals surface area contributed by atoms with Crippen molar-refractivity contribution in [2.24, 2.45) is 5.16 Å². The molecule has 0 fully saturated rings. The number of halogens is 4. The summed E-state index contributed by atoms with van der Waals surface area (Å²) in [6.45, 7) is 0.305. The van der Waals surface area contributed by atoms with E-state index in [1.54, 1.807) is 36.4 Å². The van der Waals surface area contributed by atoms with E-state index in [0.29, 0.717) is 17.2 Å². The van der Waals surface area contributed by atoms with Crippen molar-refractivity contribution < 1.29 is 18.0 Å². The molecule has 0 N–H and O–H groups in total. The Morgan fingerprint density at radius 2 is 1.70 bits per heavy atom. The van der Waals surface area contributed by atoms with Crippen molar-refractivity contribution in [1.82, 2.24) is 4.98 Å². The predicted molar refractivity (Wildman–Crippen MR) is 98.5 cm³/mol. The van der Waals surface area contributed by atoms with Crippen LogP contribution in [0.1, 0.15) is 16.7 Å². The number of rotatable bonds is 5. The van der Waals surface area contributed by atoms with Gasteiger partial charge >= 0.3 is 6.18 Å². The van der Waals surface area contributed by atoms with Crippen LogP contribution in [0.2, 0.25) is 5.02 Å². The lowest BCUT2D eigenvalue weighted by molar-refractivity contribution is -0.137. The molecule has 3 aromatic rings. The van der Waals surface area contributed by atoms with Crippen molar-refractivity contribution in [3.63, 3.8) is 0 Å². The number of benzene rings is 2. The lowest BCUT2D eigenvalue weighted by Crippen LogP contribution is -2.05. The van der Waals surface area contributed by atoms with Crippen molar-refractivity contribution in [1.29, 1.82) is 0 Å². The van der Waals surface area contributed by atoms with Crippen LogP contribution in [0.4, 0.5) is 13.2 Å². The number of hydrogen-bond acceptors (Lipinski definition) is 3. The summed E-state index contributed by atoms with van der Waals surface area (Å²) >= 11 is 5.81. The average molecular weight is 391 g/mol. The first-order chi connectivity index (χ1) is 12.9. The molecule has 0 radical (unpaired) electrons. The lowest BCUT2D eigenvalue weighted by Gasteiger charge is -2.08. The van der Waals surface area contributed by atoms with Gasteiger partial charge in [0, 0.05) is 16.8 Å². The highest BCUT2D eigenvalue weighted by atomic mass is 35.5. The van der Waals surface area contributed by atoms with Gasteiger partial charge in [0.05, 0.1) is 17.5 Å². The minimum absolute atomic E-state index is 0.257. The molecule has 1 aromatic heterocycles. The van der Waals surface area contributed by atoms with Crippen molar-refractivity contribution in [3.8, 4) is 11.3 Å². The SMILES string of the molecule is FC(F)(F)c1ccnc(-c2ccc(/C=N/OCc3ccc(Cl)cc3)cc2)c1. The molecule has 2 aromatic carbocycles. The molecule has 0 bridgehead atoms. The second-order valence-electron chi connectivity index (χ2n) is 5.68. The Morgan fingerprint density at radius 1 is 1.00 bits per heavy atom. The molecule has 0 saturated heterocycles. The molecule has 0 aliphatic carbocycles. The minimum Gasteiger partial charge on any atom is -0.391 e. The first-order valence-corrected chi connectivity index (χ1v) is 8.33. The second kappa shape index (κ2) is 8.22. The summed E-state index contributed by atoms with van der Waals surface area (Å²) in [6.07, 6.45) is -1.72. The van der Waals surface area contributed by atoms with E-state index in [2.05, 4.69) is 10.1 Å². The van der Waals surface area contributed by atoms with Gasteiger partial charge in [0.25, 0.3) is 0 Å². The van der Waals surface area contributed by atoms with Crippen LogP contribution in [0, 0.1) is 0 Å². The molecule has 0 aliphatic heterocycles. The average Bonchev–Trinajstić information content (AvgIpc) is 2.67. The molecule has 3 rings (SSSR count). The summed E-state index contributed by atoms with van der Waals surface area (Å²) in [5, 5.41) is 4.54. The standard InChI is InChI=1S/C20H14ClF3N2O/c21-18-7-3-15(4-8-18)13-27-26-12-14-1-5-16(6-2-14)19-11-17(9-10-25-19)20(22,23)24/h1-12H,13H2/b26-12+. The van der Waals surface area contributed by atoms with Crippen LogP contribution in [0.5, 0.6) is 0 Å². The van der Waals surface area contributed by atoms with Crippen molar-refractivity contribution in [2.75, 3.05) is 0 Å². The number of pyridine rings is 1. The fourth-order valence-corrected chi connectivity index (χ4v) is 2.42. The van der Waals surface area contributed by atoms with E-state index < -0.39 is 11.7 Å². The van der Waals surface area contributed by atoms with Gasteiger partial charge in [0.2, 0.25) is 0 Å². The van der Waals surface area contributed by atoms with Crippen LogP contribution >= 0.6 is 11.6 Å². The lowest BCUT2D eigenvalue weighted by atomic mass is 10.1. The highest BCUT2D eigenvalue weighted by Gasteiger charge is 2.30. The molecule has 27 heavy (non-hydrogen) atoms. The van der Waals surface area contributed by atoms with Gasteiger partial charge in [-0.15, -0.1) is 0 Å². The summed E-state index contributed by atoms with van der Waals surface area (Å²) in [5.74, 6) is 0. The molecule has 7 heteroatoms. The van der Waals surface area contributed by atoms with Crippen molar-refractivity contribution >= 4 is 17.8 Å². The first kappa shape index (κ1) is 18.9. The second-order valence-corrected chi connectivity index (χ2v) is 6.12. The smallest absolute Gasteiger partial charge is 0.391 e. The summed E-state index contributed by atoms with van der Waals surface area (Å²) in [4.78, 5) is 9.22. The Morgan fingerprint density at radius 3 is 2.37 bits per heavy atom. The van der Waals surface area contributed by atoms with Gasteiger partial charge in [-0.25, -0.2) is 0 Å². The minimum atomic E-state index is -4.40. The number of alkyl halides is 3. The maximum absolute atomic E-state index is 12.8. The summed E-state index contributed by atoms with van der Waals surface area (Å²) < 4.78 is 38.4. The number of hydrogen-bond donors (Lipinski definition) is 0. The Labute approximate surface area is 159 Å². The zero-order valence-corrected chi connectivity index (χ0v) is 14.7. The topological polar surface area (TPSA) is 34.5 Å². The molecule has 0 saturated carbocycles. The third kappa shape index (κ3) is 5.31. The molecule has 138 valence electrons. The molecule has 0 spiro atoms. The van der Waals surface area contributed by atoms with E-state index in [1.165, 1.54) is 6.21 Å². The Balaban J connectivity index is 1.62. The van der Waals surface area contributed by atoms with E-state index in [-0.39, 0.29) is 5.69 Å². The molecule has 0 unspecified atom stereocenters. The quantitative estimate of drug-likeness (QED) is 0.397. The fraction of sp³-hybridized carbons (Fsp3) is 0.100. The monoisotopic (exact) mass is 390 g/mol. The number of aromatic nitrogens is 1. The molecule has 0 amide bonds. The van der Waals surface area contributed by atoms with E-state index >= 15 is 0 Å². The normalized spacial score (nSPS) is 11.7. The van der Waals surface area contributed by atoms with E-state index in [4.69, 9.17) is 16.4 Å². The number of nitrogens with zero attached hydrogens (tertiary/aromatic N) is 2. The Hall–Kier alpha value is -2.86. The molecule has 0 atom stereocenters. The maximum Gasteiger partial charge on any atom is 0.416 e. The summed E-state index contributed by atoms with van der Waals surface area (Å²) in [6, 6.07) is 16.0. The van der Waals surface area contributed by atoms with Crippen LogP contribution in [-0.2, 0) is 17.6 Å². The van der Waals surface area contributed by atoms with Crippen LogP contribution in [0.15, 0.2) is 72.0 Å². The molecule has 0 aliphatic rings. The highest BCUT2D eigenvalue weighted by molar-refractivity contribution is 6.30. The summed E-state index contributed by atoms with van der Waals surface area (Å²) in [7, 11) is 0. The zero-order valence-electron chi connectivity index (χ0n) is 13.9. The third-order valence-corrected chi connectivity index (χ3v) is 3.97. The fourth-order valence-electron chi connectivity index (χ4n) is 2.30. The number of oxime groups is 1. The molecule has 3 nitrogen and oxygen atoms in total. The van der Waals surface area contributed by atoms with E-state index in [1.807, 2.05) is 12.1 Å². The van der Waals surface area contributed by atoms with E-state index in [9.17, 15) is 13.2 Å². The van der Waals surface area contributed by atoms with Crippen LogP contribution < -0.4 is 0 Å². The van der Waals surface area contributed by atoms with Crippen molar-refractivity contribution in [3.05, 3.63) is 88.6 Å². The largest absolute Gasteiger partial charge is 0.416 e. The maximum atomic E-state index is 12.8. The third-order valence-electron chi connectivity index (χ3n) is 3.71. The van der Waals surface area contributed by atoms with Crippen LogP contribution in [0.3, 0.4) is 0 Å². The van der Waals surface area contributed by atoms with Gasteiger partial charge in [0.15, 0.2) is 0 Å². The molecular formula is C20H14ClF3N2O. The van der Waals surface area contributed by atoms with Gasteiger partial charge in [-0.3, -0.25) is 4.98 Å². The molecular weight excluding hydrogens is 377 g/mol.